The highest BCUT2D eigenvalue weighted by atomic mass is 19.1. The molecule has 0 N–H and O–H groups in total. The van der Waals surface area contributed by atoms with Crippen molar-refractivity contribution in [3.63, 3.8) is 0 Å². The Labute approximate surface area is 112 Å². The second kappa shape index (κ2) is 5.00. The van der Waals surface area contributed by atoms with Gasteiger partial charge in [-0.1, -0.05) is 61.9 Å². The number of rotatable bonds is 3. The summed E-state index contributed by atoms with van der Waals surface area (Å²) in [4.78, 5) is 0. The normalized spacial score (nSPS) is 11.3. The Hall–Kier alpha value is -1.89. The number of hydrogen-bond donors (Lipinski definition) is 0. The molecule has 0 spiro atoms. The van der Waals surface area contributed by atoms with Crippen LogP contribution in [0.1, 0.15) is 25.3 Å². The molecule has 0 unspecified atom stereocenters. The van der Waals surface area contributed by atoms with Gasteiger partial charge in [0.05, 0.1) is 0 Å². The number of aryl methyl sites for hydroxylation is 1. The van der Waals surface area contributed by atoms with Crippen LogP contribution in [0.25, 0.3) is 21.5 Å². The molecule has 0 atom stereocenters. The Morgan fingerprint density at radius 3 is 1.95 bits per heavy atom. The molecule has 0 saturated carbocycles. The number of fused-ring (bicyclic) bond motifs is 3. The van der Waals surface area contributed by atoms with E-state index in [4.69, 9.17) is 0 Å². The summed E-state index contributed by atoms with van der Waals surface area (Å²) in [5, 5.41) is 3.97. The lowest BCUT2D eigenvalue weighted by Gasteiger charge is -2.12. The van der Waals surface area contributed by atoms with Crippen LogP contribution in [0, 0.1) is 5.82 Å². The lowest BCUT2D eigenvalue weighted by molar-refractivity contribution is 0.617. The smallest absolute Gasteiger partial charge is 0.134 e. The zero-order chi connectivity index (χ0) is 13.2. The average molecular weight is 252 g/mol. The summed E-state index contributed by atoms with van der Waals surface area (Å²) in [5.74, 6) is -0.0391. The fourth-order valence-corrected chi connectivity index (χ4v) is 2.77. The Bertz CT molecular complexity index is 728. The molecular weight excluding hydrogens is 235 g/mol. The van der Waals surface area contributed by atoms with Gasteiger partial charge in [0.25, 0.3) is 0 Å². The van der Waals surface area contributed by atoms with E-state index >= 15 is 0 Å². The second-order valence-corrected chi connectivity index (χ2v) is 4.99. The zero-order valence-corrected chi connectivity index (χ0v) is 11.1. The van der Waals surface area contributed by atoms with Crippen LogP contribution in [-0.2, 0) is 6.42 Å². The van der Waals surface area contributed by atoms with E-state index in [1.807, 2.05) is 42.5 Å². The van der Waals surface area contributed by atoms with Crippen molar-refractivity contribution < 1.29 is 4.39 Å². The fraction of sp³-hybridized carbons (Fsp3) is 0.222. The second-order valence-electron chi connectivity index (χ2n) is 4.99. The van der Waals surface area contributed by atoms with Crippen LogP contribution in [0.2, 0.25) is 0 Å². The van der Waals surface area contributed by atoms with Crippen LogP contribution >= 0.6 is 0 Å². The minimum absolute atomic E-state index is 0.0391. The van der Waals surface area contributed by atoms with Crippen LogP contribution in [0.5, 0.6) is 0 Å². The van der Waals surface area contributed by atoms with E-state index in [1.54, 1.807) is 0 Å². The first-order valence-electron chi connectivity index (χ1n) is 6.90. The SMILES string of the molecule is CCCCc1c(F)c2ccccc2c2ccccc12. The lowest BCUT2D eigenvalue weighted by atomic mass is 9.94. The molecule has 0 heterocycles. The van der Waals surface area contributed by atoms with Crippen molar-refractivity contribution in [1.82, 2.24) is 0 Å². The van der Waals surface area contributed by atoms with Crippen molar-refractivity contribution in [2.75, 3.05) is 0 Å². The maximum atomic E-state index is 14.7. The number of hydrogen-bond acceptors (Lipinski definition) is 0. The van der Waals surface area contributed by atoms with Gasteiger partial charge in [-0.25, -0.2) is 4.39 Å². The van der Waals surface area contributed by atoms with Crippen molar-refractivity contribution in [1.29, 1.82) is 0 Å². The van der Waals surface area contributed by atoms with E-state index in [-0.39, 0.29) is 5.82 Å². The number of unbranched alkanes of at least 4 members (excludes halogenated alkanes) is 1. The van der Waals surface area contributed by atoms with Crippen molar-refractivity contribution in [2.45, 2.75) is 26.2 Å². The molecule has 0 bridgehead atoms. The maximum absolute atomic E-state index is 14.7. The predicted molar refractivity (Wildman–Crippen MR) is 80.0 cm³/mol. The quantitative estimate of drug-likeness (QED) is 0.542. The van der Waals surface area contributed by atoms with Crippen molar-refractivity contribution in [2.24, 2.45) is 0 Å². The minimum atomic E-state index is -0.0391. The molecule has 0 nitrogen and oxygen atoms in total. The summed E-state index contributed by atoms with van der Waals surface area (Å²) >= 11 is 0. The average Bonchev–Trinajstić information content (AvgIpc) is 2.47. The Morgan fingerprint density at radius 1 is 0.789 bits per heavy atom. The molecule has 3 aromatic carbocycles. The van der Waals surface area contributed by atoms with E-state index in [0.717, 1.165) is 46.4 Å². The van der Waals surface area contributed by atoms with E-state index < -0.39 is 0 Å². The predicted octanol–water partition coefficient (Wildman–Crippen LogP) is 5.47. The molecule has 96 valence electrons. The molecule has 0 aromatic heterocycles. The third-order valence-corrected chi connectivity index (χ3v) is 3.75. The Balaban J connectivity index is 2.40. The van der Waals surface area contributed by atoms with Gasteiger partial charge in [0, 0.05) is 5.39 Å². The van der Waals surface area contributed by atoms with Crippen molar-refractivity contribution in [3.8, 4) is 0 Å². The standard InChI is InChI=1S/C18H17F/c1-2-3-8-16-14-10-5-4-9-13(14)15-11-6-7-12-17(15)18(16)19/h4-7,9-12H,2-3,8H2,1H3. The van der Waals surface area contributed by atoms with Crippen LogP contribution in [0.3, 0.4) is 0 Å². The van der Waals surface area contributed by atoms with Gasteiger partial charge >= 0.3 is 0 Å². The first-order chi connectivity index (χ1) is 9.33. The highest BCUT2D eigenvalue weighted by Gasteiger charge is 2.12. The van der Waals surface area contributed by atoms with Crippen LogP contribution in [0.4, 0.5) is 4.39 Å². The molecule has 0 aliphatic rings. The summed E-state index contributed by atoms with van der Waals surface area (Å²) in [6, 6.07) is 15.9. The molecule has 1 heteroatoms. The van der Waals surface area contributed by atoms with Gasteiger partial charge in [0.15, 0.2) is 0 Å². The highest BCUT2D eigenvalue weighted by molar-refractivity contribution is 6.09. The highest BCUT2D eigenvalue weighted by Crippen LogP contribution is 2.32. The molecule has 3 aromatic rings. The molecule has 0 aliphatic carbocycles. The number of halogens is 1. The third kappa shape index (κ3) is 1.99. The molecule has 0 aliphatic heterocycles. The molecule has 0 amide bonds. The molecule has 3 rings (SSSR count). The summed E-state index contributed by atoms with van der Waals surface area (Å²) in [5.41, 5.74) is 0.871. The van der Waals surface area contributed by atoms with Crippen molar-refractivity contribution >= 4 is 21.5 Å². The van der Waals surface area contributed by atoms with Gasteiger partial charge in [0.2, 0.25) is 0 Å². The molecule has 0 radical (unpaired) electrons. The van der Waals surface area contributed by atoms with Gasteiger partial charge in [-0.15, -0.1) is 0 Å². The fourth-order valence-electron chi connectivity index (χ4n) is 2.77. The molecular formula is C18H17F. The van der Waals surface area contributed by atoms with Crippen LogP contribution < -0.4 is 0 Å². The number of benzene rings is 3. The summed E-state index contributed by atoms with van der Waals surface area (Å²) < 4.78 is 14.7. The largest absolute Gasteiger partial charge is 0.206 e. The van der Waals surface area contributed by atoms with Gasteiger partial charge in [-0.2, -0.15) is 0 Å². The monoisotopic (exact) mass is 252 g/mol. The molecule has 0 fully saturated rings. The zero-order valence-electron chi connectivity index (χ0n) is 11.1. The van der Waals surface area contributed by atoms with E-state index in [1.165, 1.54) is 0 Å². The molecule has 0 saturated heterocycles. The van der Waals surface area contributed by atoms with E-state index in [2.05, 4.69) is 13.0 Å². The van der Waals surface area contributed by atoms with Gasteiger partial charge < -0.3 is 0 Å². The van der Waals surface area contributed by atoms with E-state index in [0.29, 0.717) is 0 Å². The van der Waals surface area contributed by atoms with Crippen molar-refractivity contribution in [3.05, 3.63) is 59.9 Å². The summed E-state index contributed by atoms with van der Waals surface area (Å²) in [6.07, 6.45) is 2.92. The molecule has 19 heavy (non-hydrogen) atoms. The topological polar surface area (TPSA) is 0 Å². The van der Waals surface area contributed by atoms with E-state index in [9.17, 15) is 4.39 Å². The maximum Gasteiger partial charge on any atom is 0.134 e. The van der Waals surface area contributed by atoms with Gasteiger partial charge in [-0.05, 0) is 34.6 Å². The third-order valence-electron chi connectivity index (χ3n) is 3.75. The van der Waals surface area contributed by atoms with Crippen LogP contribution in [-0.4, -0.2) is 0 Å². The first-order valence-corrected chi connectivity index (χ1v) is 6.90. The Morgan fingerprint density at radius 2 is 1.32 bits per heavy atom. The first kappa shape index (κ1) is 12.2. The minimum Gasteiger partial charge on any atom is -0.206 e. The summed E-state index contributed by atoms with van der Waals surface area (Å²) in [7, 11) is 0. The van der Waals surface area contributed by atoms with Crippen LogP contribution in [0.15, 0.2) is 48.5 Å². The van der Waals surface area contributed by atoms with Gasteiger partial charge in [-0.3, -0.25) is 0 Å². The Kier molecular flexibility index (Phi) is 3.20. The van der Waals surface area contributed by atoms with Gasteiger partial charge in [0.1, 0.15) is 5.82 Å². The lowest BCUT2D eigenvalue weighted by Crippen LogP contribution is -1.95. The summed E-state index contributed by atoms with van der Waals surface area (Å²) in [6.45, 7) is 2.14.